The van der Waals surface area contributed by atoms with Crippen molar-refractivity contribution in [3.63, 3.8) is 0 Å². The smallest absolute Gasteiger partial charge is 0.254 e. The molecule has 3 aromatic carbocycles. The highest BCUT2D eigenvalue weighted by Gasteiger charge is 2.44. The van der Waals surface area contributed by atoms with E-state index in [1.807, 2.05) is 54.6 Å². The van der Waals surface area contributed by atoms with Gasteiger partial charge in [-0.25, -0.2) is 0 Å². The van der Waals surface area contributed by atoms with Crippen LogP contribution in [0.3, 0.4) is 0 Å². The topological polar surface area (TPSA) is 68.3 Å². The van der Waals surface area contributed by atoms with Gasteiger partial charge in [0.25, 0.3) is 5.91 Å². The van der Waals surface area contributed by atoms with Gasteiger partial charge in [0.15, 0.2) is 11.5 Å². The summed E-state index contributed by atoms with van der Waals surface area (Å²) in [7, 11) is 8.19. The largest absolute Gasteiger partial charge is 0.497 e. The monoisotopic (exact) mass is 474 g/mol. The molecule has 1 heterocycles. The summed E-state index contributed by atoms with van der Waals surface area (Å²) in [6, 6.07) is 20.2. The summed E-state index contributed by atoms with van der Waals surface area (Å²) in [6.45, 7) is 0.450. The first-order valence-corrected chi connectivity index (χ1v) is 11.4. The van der Waals surface area contributed by atoms with Crippen LogP contribution in [0.4, 0.5) is 0 Å². The van der Waals surface area contributed by atoms with Crippen LogP contribution >= 0.6 is 0 Å². The van der Waals surface area contributed by atoms with Gasteiger partial charge in [0.2, 0.25) is 5.91 Å². The van der Waals surface area contributed by atoms with Crippen LogP contribution in [0.15, 0.2) is 66.7 Å². The van der Waals surface area contributed by atoms with E-state index in [0.29, 0.717) is 34.9 Å². The zero-order chi connectivity index (χ0) is 25.1. The molecule has 0 aromatic heterocycles. The normalized spacial score (nSPS) is 16.9. The van der Waals surface area contributed by atoms with E-state index in [2.05, 4.69) is 0 Å². The average Bonchev–Trinajstić information content (AvgIpc) is 2.90. The molecule has 7 nitrogen and oxygen atoms in total. The van der Waals surface area contributed by atoms with Gasteiger partial charge in [-0.1, -0.05) is 42.5 Å². The molecule has 0 fully saturated rings. The van der Waals surface area contributed by atoms with Crippen LogP contribution in [-0.4, -0.2) is 57.0 Å². The van der Waals surface area contributed by atoms with Gasteiger partial charge >= 0.3 is 0 Å². The highest BCUT2D eigenvalue weighted by Crippen LogP contribution is 2.46. The van der Waals surface area contributed by atoms with Crippen molar-refractivity contribution in [3.05, 3.63) is 89.0 Å². The van der Waals surface area contributed by atoms with Crippen LogP contribution in [0, 0.1) is 0 Å². The van der Waals surface area contributed by atoms with Crippen LogP contribution in [0.5, 0.6) is 17.2 Å². The van der Waals surface area contributed by atoms with E-state index in [0.717, 1.165) is 11.1 Å². The van der Waals surface area contributed by atoms with Crippen LogP contribution in [0.25, 0.3) is 0 Å². The molecule has 0 aliphatic carbocycles. The van der Waals surface area contributed by atoms with Crippen molar-refractivity contribution in [2.45, 2.75) is 18.5 Å². The lowest BCUT2D eigenvalue weighted by Crippen LogP contribution is -2.46. The molecule has 0 N–H and O–H groups in total. The molecule has 3 aromatic rings. The van der Waals surface area contributed by atoms with E-state index in [1.165, 1.54) is 7.11 Å². The fourth-order valence-electron chi connectivity index (χ4n) is 4.71. The van der Waals surface area contributed by atoms with Gasteiger partial charge in [-0.2, -0.15) is 0 Å². The molecule has 1 aliphatic heterocycles. The number of hydrogen-bond donors (Lipinski definition) is 0. The zero-order valence-corrected chi connectivity index (χ0v) is 20.6. The predicted octanol–water partition coefficient (Wildman–Crippen LogP) is 4.28. The van der Waals surface area contributed by atoms with Gasteiger partial charge in [-0.15, -0.1) is 0 Å². The minimum Gasteiger partial charge on any atom is -0.497 e. The molecule has 182 valence electrons. The molecular weight excluding hydrogens is 444 g/mol. The zero-order valence-electron chi connectivity index (χ0n) is 20.6. The minimum absolute atomic E-state index is 0.0949. The van der Waals surface area contributed by atoms with Crippen molar-refractivity contribution in [1.29, 1.82) is 0 Å². The number of methoxy groups -OCH3 is 3. The SMILES string of the molecule is COc1ccc([C@@H]2[C@H](C(=O)N(C)Cc3ccccc3)c3cc(OC)c(OC)cc3C(=O)N2C)cc1. The lowest BCUT2D eigenvalue weighted by atomic mass is 9.79. The molecule has 2 atom stereocenters. The number of likely N-dealkylation sites (N-methyl/N-ethyl adjacent to an activating group) is 2. The molecule has 0 saturated carbocycles. The van der Waals surface area contributed by atoms with E-state index >= 15 is 0 Å². The molecule has 1 aliphatic rings. The van der Waals surface area contributed by atoms with E-state index in [9.17, 15) is 9.59 Å². The number of carbonyl (C=O) groups is 2. The second kappa shape index (κ2) is 10.1. The van der Waals surface area contributed by atoms with Crippen molar-refractivity contribution in [2.24, 2.45) is 0 Å². The van der Waals surface area contributed by atoms with Crippen molar-refractivity contribution < 1.29 is 23.8 Å². The summed E-state index contributed by atoms with van der Waals surface area (Å²) < 4.78 is 16.3. The van der Waals surface area contributed by atoms with Crippen molar-refractivity contribution >= 4 is 11.8 Å². The van der Waals surface area contributed by atoms with E-state index in [-0.39, 0.29) is 11.8 Å². The first-order valence-electron chi connectivity index (χ1n) is 11.4. The molecule has 0 unspecified atom stereocenters. The molecule has 7 heteroatoms. The van der Waals surface area contributed by atoms with Gasteiger partial charge in [-0.05, 0) is 41.0 Å². The van der Waals surface area contributed by atoms with E-state index < -0.39 is 12.0 Å². The highest BCUT2D eigenvalue weighted by molar-refractivity contribution is 6.02. The van der Waals surface area contributed by atoms with Crippen molar-refractivity contribution in [2.75, 3.05) is 35.4 Å². The fourth-order valence-corrected chi connectivity index (χ4v) is 4.71. The Kier molecular flexibility index (Phi) is 6.96. The summed E-state index contributed by atoms with van der Waals surface area (Å²) >= 11 is 0. The average molecular weight is 475 g/mol. The molecular formula is C28H30N2O5. The Hall–Kier alpha value is -4.00. The van der Waals surface area contributed by atoms with Crippen LogP contribution < -0.4 is 14.2 Å². The number of fused-ring (bicyclic) bond motifs is 1. The third kappa shape index (κ3) is 4.54. The number of nitrogens with zero attached hydrogens (tertiary/aromatic N) is 2. The maximum atomic E-state index is 14.1. The van der Waals surface area contributed by atoms with Gasteiger partial charge in [-0.3, -0.25) is 9.59 Å². The van der Waals surface area contributed by atoms with Crippen molar-refractivity contribution in [3.8, 4) is 17.2 Å². The molecule has 2 amide bonds. The fraction of sp³-hybridized carbons (Fsp3) is 0.286. The lowest BCUT2D eigenvalue weighted by Gasteiger charge is -2.41. The van der Waals surface area contributed by atoms with Gasteiger partial charge in [0, 0.05) is 26.2 Å². The number of rotatable bonds is 7. The Morgan fingerprint density at radius 1 is 0.914 bits per heavy atom. The number of ether oxygens (including phenoxy) is 3. The Morgan fingerprint density at radius 3 is 2.14 bits per heavy atom. The summed E-state index contributed by atoms with van der Waals surface area (Å²) in [5.74, 6) is 0.698. The Balaban J connectivity index is 1.85. The lowest BCUT2D eigenvalue weighted by molar-refractivity contribution is -0.133. The Bertz CT molecular complexity index is 1210. The molecule has 0 saturated heterocycles. The third-order valence-electron chi connectivity index (χ3n) is 6.54. The van der Waals surface area contributed by atoms with Crippen LogP contribution in [-0.2, 0) is 11.3 Å². The summed E-state index contributed by atoms with van der Waals surface area (Å²) in [5.41, 5.74) is 2.92. The molecule has 0 bridgehead atoms. The van der Waals surface area contributed by atoms with Crippen molar-refractivity contribution in [1.82, 2.24) is 9.80 Å². The second-order valence-corrected chi connectivity index (χ2v) is 8.59. The molecule has 4 rings (SSSR count). The summed E-state index contributed by atoms with van der Waals surface area (Å²) in [6.07, 6.45) is 0. The Labute approximate surface area is 205 Å². The highest BCUT2D eigenvalue weighted by atomic mass is 16.5. The number of hydrogen-bond acceptors (Lipinski definition) is 5. The Morgan fingerprint density at radius 2 is 1.54 bits per heavy atom. The van der Waals surface area contributed by atoms with E-state index in [1.54, 1.807) is 50.2 Å². The maximum absolute atomic E-state index is 14.1. The first kappa shape index (κ1) is 24.1. The second-order valence-electron chi connectivity index (χ2n) is 8.59. The van der Waals surface area contributed by atoms with E-state index in [4.69, 9.17) is 14.2 Å². The molecule has 35 heavy (non-hydrogen) atoms. The van der Waals surface area contributed by atoms with Crippen LogP contribution in [0.2, 0.25) is 0 Å². The number of benzene rings is 3. The third-order valence-corrected chi connectivity index (χ3v) is 6.54. The van der Waals surface area contributed by atoms with Gasteiger partial charge in [0.05, 0.1) is 33.3 Å². The number of amides is 2. The summed E-state index contributed by atoms with van der Waals surface area (Å²) in [5, 5.41) is 0. The predicted molar refractivity (Wildman–Crippen MR) is 133 cm³/mol. The minimum atomic E-state index is -0.644. The number of carbonyl (C=O) groups excluding carboxylic acids is 2. The standard InChI is InChI=1S/C28H30N2O5/c1-29(17-18-9-7-6-8-10-18)28(32)25-21-15-23(34-4)24(35-5)16-22(21)27(31)30(2)26(25)19-11-13-20(33-3)14-12-19/h6-16,25-26H,17H2,1-5H3/t25-,26-/m1/s1. The summed E-state index contributed by atoms with van der Waals surface area (Å²) in [4.78, 5) is 30.9. The molecule has 0 radical (unpaired) electrons. The molecule has 0 spiro atoms. The maximum Gasteiger partial charge on any atom is 0.254 e. The van der Waals surface area contributed by atoms with Gasteiger partial charge < -0.3 is 24.0 Å². The van der Waals surface area contributed by atoms with Crippen LogP contribution in [0.1, 0.15) is 39.0 Å². The quantitative estimate of drug-likeness (QED) is 0.511. The first-order chi connectivity index (χ1) is 16.9. The van der Waals surface area contributed by atoms with Gasteiger partial charge in [0.1, 0.15) is 5.75 Å².